The van der Waals surface area contributed by atoms with Gasteiger partial charge >= 0.3 is 5.97 Å². The van der Waals surface area contributed by atoms with Crippen LogP contribution >= 0.6 is 11.8 Å². The summed E-state index contributed by atoms with van der Waals surface area (Å²) in [4.78, 5) is 28.5. The maximum absolute atomic E-state index is 11.9. The number of rotatable bonds is 6. The quantitative estimate of drug-likeness (QED) is 0.546. The van der Waals surface area contributed by atoms with Gasteiger partial charge in [0.1, 0.15) is 5.60 Å². The molecule has 0 aliphatic heterocycles. The van der Waals surface area contributed by atoms with Crippen LogP contribution in [0.1, 0.15) is 27.2 Å². The summed E-state index contributed by atoms with van der Waals surface area (Å²) in [6.45, 7) is 5.41. The largest absolute Gasteiger partial charge is 0.460 e. The standard InChI is InChI=1S/C12H23NO4S/c1-12(2,3)17-10(14)7-9(8-18-6)11(15)13(4)16-5/h9H,7-8H2,1-6H3/t9-/m0/s1. The molecule has 0 heterocycles. The van der Waals surface area contributed by atoms with E-state index in [2.05, 4.69) is 0 Å². The molecule has 0 saturated heterocycles. The van der Waals surface area contributed by atoms with E-state index in [1.165, 1.54) is 25.9 Å². The lowest BCUT2D eigenvalue weighted by atomic mass is 10.1. The van der Waals surface area contributed by atoms with Gasteiger partial charge in [0.25, 0.3) is 0 Å². The first-order valence-electron chi connectivity index (χ1n) is 5.73. The first-order chi connectivity index (χ1) is 8.21. The van der Waals surface area contributed by atoms with E-state index < -0.39 is 11.5 Å². The molecular formula is C12H23NO4S. The number of nitrogens with zero attached hydrogens (tertiary/aromatic N) is 1. The van der Waals surface area contributed by atoms with Gasteiger partial charge in [0.2, 0.25) is 5.91 Å². The maximum atomic E-state index is 11.9. The van der Waals surface area contributed by atoms with Crippen molar-refractivity contribution in [2.45, 2.75) is 32.8 Å². The van der Waals surface area contributed by atoms with Crippen molar-refractivity contribution >= 4 is 23.6 Å². The fraction of sp³-hybridized carbons (Fsp3) is 0.833. The number of hydrogen-bond acceptors (Lipinski definition) is 5. The lowest BCUT2D eigenvalue weighted by Crippen LogP contribution is -2.36. The summed E-state index contributed by atoms with van der Waals surface area (Å²) >= 11 is 1.52. The lowest BCUT2D eigenvalue weighted by Gasteiger charge is -2.23. The Balaban J connectivity index is 4.53. The summed E-state index contributed by atoms with van der Waals surface area (Å²) in [5, 5.41) is 1.14. The number of esters is 1. The first-order valence-corrected chi connectivity index (χ1v) is 7.13. The van der Waals surface area contributed by atoms with E-state index >= 15 is 0 Å². The van der Waals surface area contributed by atoms with Crippen molar-refractivity contribution in [2.24, 2.45) is 5.92 Å². The molecule has 0 aromatic rings. The highest BCUT2D eigenvalue weighted by atomic mass is 32.2. The third-order valence-corrected chi connectivity index (χ3v) is 2.87. The molecular weight excluding hydrogens is 254 g/mol. The molecule has 0 radical (unpaired) electrons. The van der Waals surface area contributed by atoms with E-state index in [0.29, 0.717) is 5.75 Å². The fourth-order valence-electron chi connectivity index (χ4n) is 1.35. The average molecular weight is 277 g/mol. The normalized spacial score (nSPS) is 13.0. The summed E-state index contributed by atoms with van der Waals surface area (Å²) in [7, 11) is 2.95. The van der Waals surface area contributed by atoms with Gasteiger partial charge in [-0.15, -0.1) is 0 Å². The number of ether oxygens (including phenoxy) is 1. The van der Waals surface area contributed by atoms with Crippen LogP contribution in [0.15, 0.2) is 0 Å². The average Bonchev–Trinajstić information content (AvgIpc) is 2.23. The summed E-state index contributed by atoms with van der Waals surface area (Å²) in [5.74, 6) is -0.428. The number of carbonyl (C=O) groups is 2. The second-order valence-corrected chi connectivity index (χ2v) is 5.87. The van der Waals surface area contributed by atoms with Gasteiger partial charge in [-0.05, 0) is 27.0 Å². The van der Waals surface area contributed by atoms with Crippen molar-refractivity contribution in [3.63, 3.8) is 0 Å². The van der Waals surface area contributed by atoms with Crippen LogP contribution in [0.3, 0.4) is 0 Å². The van der Waals surface area contributed by atoms with Crippen LogP contribution in [0.4, 0.5) is 0 Å². The molecule has 0 rings (SSSR count). The highest BCUT2D eigenvalue weighted by Gasteiger charge is 2.27. The molecule has 1 amide bonds. The van der Waals surface area contributed by atoms with Crippen molar-refractivity contribution in [3.8, 4) is 0 Å². The van der Waals surface area contributed by atoms with Crippen LogP contribution in [0.2, 0.25) is 0 Å². The van der Waals surface area contributed by atoms with Gasteiger partial charge < -0.3 is 4.74 Å². The van der Waals surface area contributed by atoms with E-state index in [0.717, 1.165) is 5.06 Å². The Kier molecular flexibility index (Phi) is 7.32. The Bertz CT molecular complexity index is 288. The molecule has 106 valence electrons. The highest BCUT2D eigenvalue weighted by Crippen LogP contribution is 2.17. The van der Waals surface area contributed by atoms with Gasteiger partial charge in [-0.1, -0.05) is 0 Å². The van der Waals surface area contributed by atoms with Gasteiger partial charge in [0.05, 0.1) is 19.4 Å². The Morgan fingerprint density at radius 1 is 1.33 bits per heavy atom. The number of thioether (sulfide) groups is 1. The van der Waals surface area contributed by atoms with Gasteiger partial charge in [0.15, 0.2) is 0 Å². The van der Waals surface area contributed by atoms with Gasteiger partial charge in [-0.3, -0.25) is 14.4 Å². The molecule has 0 fully saturated rings. The molecule has 0 saturated carbocycles. The Morgan fingerprint density at radius 2 is 1.89 bits per heavy atom. The molecule has 0 unspecified atom stereocenters. The fourth-order valence-corrected chi connectivity index (χ4v) is 2.01. The molecule has 0 N–H and O–H groups in total. The third-order valence-electron chi connectivity index (χ3n) is 2.13. The molecule has 1 atom stereocenters. The zero-order valence-electron chi connectivity index (χ0n) is 12.0. The molecule has 0 bridgehead atoms. The van der Waals surface area contributed by atoms with Crippen molar-refractivity contribution in [2.75, 3.05) is 26.2 Å². The van der Waals surface area contributed by atoms with Crippen LogP contribution in [0, 0.1) is 5.92 Å². The Hall–Kier alpha value is -0.750. The molecule has 0 aromatic heterocycles. The second-order valence-electron chi connectivity index (χ2n) is 4.96. The molecule has 0 aromatic carbocycles. The van der Waals surface area contributed by atoms with Gasteiger partial charge in [-0.2, -0.15) is 11.8 Å². The van der Waals surface area contributed by atoms with Crippen LogP contribution < -0.4 is 0 Å². The van der Waals surface area contributed by atoms with E-state index in [4.69, 9.17) is 9.57 Å². The monoisotopic (exact) mass is 277 g/mol. The van der Waals surface area contributed by atoms with Gasteiger partial charge in [-0.25, -0.2) is 5.06 Å². The summed E-state index contributed by atoms with van der Waals surface area (Å²) in [6.07, 6.45) is 1.97. The second kappa shape index (κ2) is 7.63. The maximum Gasteiger partial charge on any atom is 0.307 e. The molecule has 0 aliphatic rings. The molecule has 18 heavy (non-hydrogen) atoms. The van der Waals surface area contributed by atoms with E-state index in [9.17, 15) is 9.59 Å². The Morgan fingerprint density at radius 3 is 2.28 bits per heavy atom. The third kappa shape index (κ3) is 6.86. The number of hydroxylamine groups is 2. The summed E-state index contributed by atoms with van der Waals surface area (Å²) < 4.78 is 5.22. The molecule has 0 aliphatic carbocycles. The summed E-state index contributed by atoms with van der Waals surface area (Å²) in [6, 6.07) is 0. The van der Waals surface area contributed by atoms with Crippen LogP contribution in [0.5, 0.6) is 0 Å². The highest BCUT2D eigenvalue weighted by molar-refractivity contribution is 7.98. The predicted molar refractivity (Wildman–Crippen MR) is 72.1 cm³/mol. The minimum absolute atomic E-state index is 0.0741. The van der Waals surface area contributed by atoms with Gasteiger partial charge in [0, 0.05) is 12.8 Å². The molecule has 5 nitrogen and oxygen atoms in total. The zero-order valence-corrected chi connectivity index (χ0v) is 12.8. The van der Waals surface area contributed by atoms with Crippen molar-refractivity contribution in [1.29, 1.82) is 0 Å². The zero-order chi connectivity index (χ0) is 14.3. The topological polar surface area (TPSA) is 55.8 Å². The number of amides is 1. The van der Waals surface area contributed by atoms with Crippen molar-refractivity contribution < 1.29 is 19.2 Å². The summed E-state index contributed by atoms with van der Waals surface area (Å²) in [5.41, 5.74) is -0.531. The number of hydrogen-bond donors (Lipinski definition) is 0. The Labute approximate surface area is 113 Å². The van der Waals surface area contributed by atoms with E-state index in [1.54, 1.807) is 20.8 Å². The van der Waals surface area contributed by atoms with Crippen LogP contribution in [0.25, 0.3) is 0 Å². The predicted octanol–water partition coefficient (Wildman–Crippen LogP) is 1.72. The smallest absolute Gasteiger partial charge is 0.307 e. The van der Waals surface area contributed by atoms with E-state index in [1.807, 2.05) is 6.26 Å². The molecule has 6 heteroatoms. The SMILES string of the molecule is CON(C)C(=O)[C@H](CSC)CC(=O)OC(C)(C)C. The first kappa shape index (κ1) is 17.2. The van der Waals surface area contributed by atoms with E-state index in [-0.39, 0.29) is 18.3 Å². The van der Waals surface area contributed by atoms with Crippen molar-refractivity contribution in [3.05, 3.63) is 0 Å². The number of carbonyl (C=O) groups excluding carboxylic acids is 2. The van der Waals surface area contributed by atoms with Crippen molar-refractivity contribution in [1.82, 2.24) is 5.06 Å². The van der Waals surface area contributed by atoms with Crippen LogP contribution in [-0.4, -0.2) is 48.7 Å². The lowest BCUT2D eigenvalue weighted by molar-refractivity contribution is -0.175. The minimum atomic E-state index is -0.531. The molecule has 0 spiro atoms. The van der Waals surface area contributed by atoms with Crippen LogP contribution in [-0.2, 0) is 19.2 Å². The minimum Gasteiger partial charge on any atom is -0.460 e.